The van der Waals surface area contributed by atoms with E-state index in [1.165, 1.54) is 0 Å². The van der Waals surface area contributed by atoms with Crippen LogP contribution in [-0.4, -0.2) is 73.2 Å². The molecule has 2 aliphatic heterocycles. The molecule has 2 heterocycles. The summed E-state index contributed by atoms with van der Waals surface area (Å²) in [5.41, 5.74) is 1.04. The van der Waals surface area contributed by atoms with Crippen LogP contribution in [0, 0.1) is 0 Å². The molecule has 0 unspecified atom stereocenters. The smallest absolute Gasteiger partial charge is 0.338 e. The Morgan fingerprint density at radius 2 is 1.78 bits per heavy atom. The van der Waals surface area contributed by atoms with Crippen molar-refractivity contribution >= 4 is 23.6 Å². The molecule has 0 saturated carbocycles. The van der Waals surface area contributed by atoms with Gasteiger partial charge in [0.1, 0.15) is 6.10 Å². The molecule has 0 radical (unpaired) electrons. The van der Waals surface area contributed by atoms with Crippen molar-refractivity contribution in [2.75, 3.05) is 44.7 Å². The molecule has 0 aromatic heterocycles. The van der Waals surface area contributed by atoms with E-state index in [2.05, 4.69) is 5.32 Å². The summed E-state index contributed by atoms with van der Waals surface area (Å²) in [6.07, 6.45) is 1.39. The molecule has 0 spiro atoms. The number of hydrogen-bond donors (Lipinski definition) is 1. The minimum Gasteiger partial charge on any atom is -0.462 e. The summed E-state index contributed by atoms with van der Waals surface area (Å²) in [6, 6.07) is 6.35. The second kappa shape index (κ2) is 8.85. The Labute approximate surface area is 158 Å². The zero-order valence-electron chi connectivity index (χ0n) is 15.5. The predicted molar refractivity (Wildman–Crippen MR) is 98.5 cm³/mol. The Morgan fingerprint density at radius 1 is 1.11 bits per heavy atom. The summed E-state index contributed by atoms with van der Waals surface area (Å²) in [5.74, 6) is -0.357. The highest BCUT2D eigenvalue weighted by atomic mass is 16.5. The Hall–Kier alpha value is -2.61. The van der Waals surface area contributed by atoms with Gasteiger partial charge in [-0.15, -0.1) is 0 Å². The number of anilines is 1. The number of benzene rings is 1. The van der Waals surface area contributed by atoms with E-state index in [4.69, 9.17) is 9.47 Å². The molecule has 27 heavy (non-hydrogen) atoms. The van der Waals surface area contributed by atoms with Crippen molar-refractivity contribution in [3.63, 3.8) is 0 Å². The minimum atomic E-state index is -0.387. The average molecular weight is 375 g/mol. The van der Waals surface area contributed by atoms with Crippen LogP contribution in [0.1, 0.15) is 30.1 Å². The molecule has 1 N–H and O–H groups in total. The molecular formula is C19H25N3O5. The number of carbonyl (C=O) groups excluding carboxylic acids is 3. The van der Waals surface area contributed by atoms with Crippen LogP contribution >= 0.6 is 0 Å². The number of esters is 1. The van der Waals surface area contributed by atoms with Gasteiger partial charge in [0.25, 0.3) is 5.91 Å². The quantitative estimate of drug-likeness (QED) is 0.810. The molecule has 2 aliphatic rings. The normalized spacial score (nSPS) is 19.7. The third-order valence-electron chi connectivity index (χ3n) is 4.73. The van der Waals surface area contributed by atoms with E-state index in [1.54, 1.807) is 41.0 Å². The van der Waals surface area contributed by atoms with E-state index in [0.717, 1.165) is 12.8 Å². The molecule has 2 fully saturated rings. The number of urea groups is 1. The summed E-state index contributed by atoms with van der Waals surface area (Å²) in [6.45, 7) is 4.69. The maximum atomic E-state index is 12.4. The Bertz CT molecular complexity index is 677. The molecule has 3 amide bonds. The van der Waals surface area contributed by atoms with Crippen molar-refractivity contribution in [3.05, 3.63) is 29.8 Å². The van der Waals surface area contributed by atoms with Gasteiger partial charge in [0, 0.05) is 38.5 Å². The van der Waals surface area contributed by atoms with Crippen LogP contribution in [0.2, 0.25) is 0 Å². The van der Waals surface area contributed by atoms with E-state index < -0.39 is 0 Å². The maximum Gasteiger partial charge on any atom is 0.338 e. The van der Waals surface area contributed by atoms with E-state index >= 15 is 0 Å². The average Bonchev–Trinajstić information content (AvgIpc) is 3.23. The fourth-order valence-electron chi connectivity index (χ4n) is 3.21. The number of nitrogens with zero attached hydrogens (tertiary/aromatic N) is 2. The highest BCUT2D eigenvalue weighted by Crippen LogP contribution is 2.17. The SMILES string of the molecule is CCOC(=O)c1ccc(NC(=O)N2CCN(C(=O)[C@@H]3CCCO3)CC2)cc1. The van der Waals surface area contributed by atoms with Crippen molar-refractivity contribution in [1.82, 2.24) is 9.80 Å². The number of nitrogens with one attached hydrogen (secondary N) is 1. The van der Waals surface area contributed by atoms with Crippen molar-refractivity contribution < 1.29 is 23.9 Å². The number of ether oxygens (including phenoxy) is 2. The zero-order chi connectivity index (χ0) is 19.2. The zero-order valence-corrected chi connectivity index (χ0v) is 15.5. The number of carbonyl (C=O) groups is 3. The van der Waals surface area contributed by atoms with Gasteiger partial charge in [0.05, 0.1) is 12.2 Å². The van der Waals surface area contributed by atoms with E-state index in [0.29, 0.717) is 50.6 Å². The first-order valence-corrected chi connectivity index (χ1v) is 9.32. The highest BCUT2D eigenvalue weighted by Gasteiger charge is 2.31. The van der Waals surface area contributed by atoms with Crippen LogP contribution in [-0.2, 0) is 14.3 Å². The van der Waals surface area contributed by atoms with Crippen LogP contribution in [0.25, 0.3) is 0 Å². The Balaban J connectivity index is 1.48. The van der Waals surface area contributed by atoms with Crippen LogP contribution < -0.4 is 5.32 Å². The van der Waals surface area contributed by atoms with Crippen molar-refractivity contribution in [2.45, 2.75) is 25.9 Å². The van der Waals surface area contributed by atoms with Crippen LogP contribution in [0.4, 0.5) is 10.5 Å². The van der Waals surface area contributed by atoms with Gasteiger partial charge in [-0.3, -0.25) is 4.79 Å². The first kappa shape index (κ1) is 19.2. The molecule has 1 aromatic carbocycles. The monoisotopic (exact) mass is 375 g/mol. The predicted octanol–water partition coefficient (Wildman–Crippen LogP) is 1.72. The van der Waals surface area contributed by atoms with Gasteiger partial charge in [-0.05, 0) is 44.0 Å². The number of rotatable bonds is 4. The lowest BCUT2D eigenvalue weighted by molar-refractivity contribution is -0.142. The molecule has 146 valence electrons. The van der Waals surface area contributed by atoms with Gasteiger partial charge in [-0.2, -0.15) is 0 Å². The summed E-state index contributed by atoms with van der Waals surface area (Å²) >= 11 is 0. The Morgan fingerprint density at radius 3 is 2.37 bits per heavy atom. The molecule has 8 heteroatoms. The summed E-state index contributed by atoms with van der Waals surface area (Å²) in [5, 5.41) is 2.82. The number of hydrogen-bond acceptors (Lipinski definition) is 5. The van der Waals surface area contributed by atoms with Gasteiger partial charge in [0.2, 0.25) is 0 Å². The molecular weight excluding hydrogens is 350 g/mol. The molecule has 0 bridgehead atoms. The van der Waals surface area contributed by atoms with Crippen LogP contribution in [0.15, 0.2) is 24.3 Å². The van der Waals surface area contributed by atoms with Crippen molar-refractivity contribution in [3.8, 4) is 0 Å². The fraction of sp³-hybridized carbons (Fsp3) is 0.526. The summed E-state index contributed by atoms with van der Waals surface area (Å²) < 4.78 is 10.4. The Kier molecular flexibility index (Phi) is 6.28. The molecule has 2 saturated heterocycles. The first-order valence-electron chi connectivity index (χ1n) is 9.32. The van der Waals surface area contributed by atoms with Crippen LogP contribution in [0.3, 0.4) is 0 Å². The number of piperazine rings is 1. The van der Waals surface area contributed by atoms with E-state index in [9.17, 15) is 14.4 Å². The lowest BCUT2D eigenvalue weighted by Gasteiger charge is -2.35. The molecule has 0 aliphatic carbocycles. The van der Waals surface area contributed by atoms with E-state index in [1.807, 2.05) is 0 Å². The standard InChI is InChI=1S/C19H25N3O5/c1-2-26-18(24)14-5-7-15(8-6-14)20-19(25)22-11-9-21(10-12-22)17(23)16-4-3-13-27-16/h5-8,16H,2-4,9-13H2,1H3,(H,20,25)/t16-/m0/s1. The summed E-state index contributed by atoms with van der Waals surface area (Å²) in [4.78, 5) is 39.9. The minimum absolute atomic E-state index is 0.0297. The third kappa shape index (κ3) is 4.77. The topological polar surface area (TPSA) is 88.2 Å². The molecule has 1 atom stereocenters. The largest absolute Gasteiger partial charge is 0.462 e. The van der Waals surface area contributed by atoms with Crippen LogP contribution in [0.5, 0.6) is 0 Å². The van der Waals surface area contributed by atoms with Gasteiger partial charge < -0.3 is 24.6 Å². The van der Waals surface area contributed by atoms with Gasteiger partial charge >= 0.3 is 12.0 Å². The third-order valence-corrected chi connectivity index (χ3v) is 4.73. The summed E-state index contributed by atoms with van der Waals surface area (Å²) in [7, 11) is 0. The fourth-order valence-corrected chi connectivity index (χ4v) is 3.21. The van der Waals surface area contributed by atoms with Gasteiger partial charge in [-0.1, -0.05) is 0 Å². The molecule has 8 nitrogen and oxygen atoms in total. The van der Waals surface area contributed by atoms with Gasteiger partial charge in [0.15, 0.2) is 0 Å². The first-order chi connectivity index (χ1) is 13.1. The lowest BCUT2D eigenvalue weighted by atomic mass is 10.2. The van der Waals surface area contributed by atoms with Gasteiger partial charge in [-0.25, -0.2) is 9.59 Å². The second-order valence-corrected chi connectivity index (χ2v) is 6.54. The highest BCUT2D eigenvalue weighted by molar-refractivity contribution is 5.92. The maximum absolute atomic E-state index is 12.4. The molecule has 3 rings (SSSR count). The lowest BCUT2D eigenvalue weighted by Crippen LogP contribution is -2.53. The van der Waals surface area contributed by atoms with Crippen molar-refractivity contribution in [1.29, 1.82) is 0 Å². The molecule has 1 aromatic rings. The van der Waals surface area contributed by atoms with Crippen molar-refractivity contribution in [2.24, 2.45) is 0 Å². The number of amides is 3. The van der Waals surface area contributed by atoms with E-state index in [-0.39, 0.29) is 24.0 Å². The second-order valence-electron chi connectivity index (χ2n) is 6.54.